The Hall–Kier alpha value is -1.85. The third kappa shape index (κ3) is 1.77. The summed E-state index contributed by atoms with van der Waals surface area (Å²) >= 11 is 0. The van der Waals surface area contributed by atoms with E-state index in [4.69, 9.17) is 4.74 Å². The van der Waals surface area contributed by atoms with Crippen LogP contribution in [0.5, 0.6) is 0 Å². The van der Waals surface area contributed by atoms with Gasteiger partial charge < -0.3 is 14.9 Å². The molecule has 0 spiro atoms. The third-order valence-corrected chi connectivity index (χ3v) is 3.27. The molecule has 0 amide bonds. The van der Waals surface area contributed by atoms with Crippen LogP contribution >= 0.6 is 0 Å². The molecule has 2 aliphatic rings. The number of nitrogens with zero attached hydrogens (tertiary/aromatic N) is 1. The molecule has 1 saturated heterocycles. The van der Waals surface area contributed by atoms with Gasteiger partial charge in [0.2, 0.25) is 0 Å². The summed E-state index contributed by atoms with van der Waals surface area (Å²) in [5.74, 6) is -0.889. The molecular formula is C13H14N2O3. The Morgan fingerprint density at radius 1 is 1.39 bits per heavy atom. The molecule has 1 atom stereocenters. The minimum absolute atomic E-state index is 0.291. The lowest BCUT2D eigenvalue weighted by atomic mass is 9.99. The lowest BCUT2D eigenvalue weighted by molar-refractivity contribution is -0.133. The van der Waals surface area contributed by atoms with Gasteiger partial charge >= 0.3 is 5.97 Å². The molecule has 1 aromatic rings. The van der Waals surface area contributed by atoms with Crippen LogP contribution in [-0.2, 0) is 9.53 Å². The summed E-state index contributed by atoms with van der Waals surface area (Å²) in [6, 6.07) is 9.31. The Labute approximate surface area is 105 Å². The largest absolute Gasteiger partial charge is 0.478 e. The minimum Gasteiger partial charge on any atom is -0.478 e. The van der Waals surface area contributed by atoms with Crippen LogP contribution in [0.25, 0.3) is 0 Å². The standard InChI is InChI=1S/C13H14N2O3/c16-13(17)11-10-8-18-7-6-15(10)14-12(11)9-4-2-1-3-5-9/h1-5,12,14H,6-8H2,(H,16,17). The minimum atomic E-state index is -0.889. The third-order valence-electron chi connectivity index (χ3n) is 3.27. The maximum absolute atomic E-state index is 11.5. The second-order valence-corrected chi connectivity index (χ2v) is 4.34. The van der Waals surface area contributed by atoms with E-state index in [0.29, 0.717) is 25.3 Å². The fraction of sp³-hybridized carbons (Fsp3) is 0.308. The van der Waals surface area contributed by atoms with Crippen molar-refractivity contribution in [1.29, 1.82) is 0 Å². The first kappa shape index (κ1) is 11.3. The highest BCUT2D eigenvalue weighted by molar-refractivity contribution is 5.90. The van der Waals surface area contributed by atoms with Crippen LogP contribution in [0, 0.1) is 0 Å². The number of benzene rings is 1. The fourth-order valence-electron chi connectivity index (χ4n) is 2.42. The van der Waals surface area contributed by atoms with Gasteiger partial charge in [0, 0.05) is 0 Å². The molecule has 18 heavy (non-hydrogen) atoms. The molecule has 1 fully saturated rings. The second-order valence-electron chi connectivity index (χ2n) is 4.34. The summed E-state index contributed by atoms with van der Waals surface area (Å²) in [6.45, 7) is 1.65. The SMILES string of the molecule is O=C(O)C1=C2COCCN2NC1c1ccccc1. The number of ether oxygens (including phenoxy) is 1. The van der Waals surface area contributed by atoms with Crippen molar-refractivity contribution in [3.8, 4) is 0 Å². The normalized spacial score (nSPS) is 23.1. The van der Waals surface area contributed by atoms with Gasteiger partial charge in [-0.2, -0.15) is 0 Å². The summed E-state index contributed by atoms with van der Waals surface area (Å²) in [4.78, 5) is 11.5. The molecule has 0 radical (unpaired) electrons. The van der Waals surface area contributed by atoms with Crippen LogP contribution in [-0.4, -0.2) is 35.8 Å². The average Bonchev–Trinajstić information content (AvgIpc) is 2.79. The predicted molar refractivity (Wildman–Crippen MR) is 64.5 cm³/mol. The number of carboxylic acid groups (broad SMARTS) is 1. The van der Waals surface area contributed by atoms with Crippen LogP contribution in [0.15, 0.2) is 41.6 Å². The topological polar surface area (TPSA) is 61.8 Å². The lowest BCUT2D eigenvalue weighted by Gasteiger charge is -2.27. The van der Waals surface area contributed by atoms with E-state index < -0.39 is 5.97 Å². The number of fused-ring (bicyclic) bond motifs is 1. The predicted octanol–water partition coefficient (Wildman–Crippen LogP) is 0.917. The highest BCUT2D eigenvalue weighted by atomic mass is 16.5. The van der Waals surface area contributed by atoms with Crippen LogP contribution in [0.1, 0.15) is 11.6 Å². The maximum Gasteiger partial charge on any atom is 0.335 e. The molecule has 2 aliphatic heterocycles. The maximum atomic E-state index is 11.5. The molecule has 3 rings (SSSR count). The summed E-state index contributed by atoms with van der Waals surface area (Å²) < 4.78 is 5.35. The number of hydrogen-bond donors (Lipinski definition) is 2. The average molecular weight is 246 g/mol. The highest BCUT2D eigenvalue weighted by Crippen LogP contribution is 2.33. The van der Waals surface area contributed by atoms with Crippen molar-refractivity contribution in [2.24, 2.45) is 0 Å². The number of hydrogen-bond acceptors (Lipinski definition) is 4. The van der Waals surface area contributed by atoms with Crippen molar-refractivity contribution in [2.75, 3.05) is 19.8 Å². The molecule has 0 aliphatic carbocycles. The van der Waals surface area contributed by atoms with E-state index >= 15 is 0 Å². The molecule has 1 unspecified atom stereocenters. The molecule has 0 saturated carbocycles. The van der Waals surface area contributed by atoms with Gasteiger partial charge in [-0.05, 0) is 5.56 Å². The zero-order chi connectivity index (χ0) is 12.5. The van der Waals surface area contributed by atoms with Crippen molar-refractivity contribution in [2.45, 2.75) is 6.04 Å². The number of carbonyl (C=O) groups is 1. The Morgan fingerprint density at radius 2 is 2.17 bits per heavy atom. The van der Waals surface area contributed by atoms with Gasteiger partial charge in [0.05, 0.1) is 37.1 Å². The van der Waals surface area contributed by atoms with E-state index in [1.807, 2.05) is 35.3 Å². The van der Waals surface area contributed by atoms with Crippen molar-refractivity contribution in [3.63, 3.8) is 0 Å². The van der Waals surface area contributed by atoms with Gasteiger partial charge in [-0.25, -0.2) is 10.2 Å². The summed E-state index contributed by atoms with van der Waals surface area (Å²) in [7, 11) is 0. The number of carboxylic acids is 1. The Balaban J connectivity index is 2.01. The first-order valence-corrected chi connectivity index (χ1v) is 5.90. The van der Waals surface area contributed by atoms with Crippen molar-refractivity contribution in [3.05, 3.63) is 47.2 Å². The van der Waals surface area contributed by atoms with Gasteiger partial charge in [0.1, 0.15) is 0 Å². The number of nitrogens with one attached hydrogen (secondary N) is 1. The first-order valence-electron chi connectivity index (χ1n) is 5.90. The van der Waals surface area contributed by atoms with Gasteiger partial charge in [0.25, 0.3) is 0 Å². The van der Waals surface area contributed by atoms with E-state index in [9.17, 15) is 9.90 Å². The van der Waals surface area contributed by atoms with Crippen LogP contribution in [0.3, 0.4) is 0 Å². The van der Waals surface area contributed by atoms with E-state index in [1.165, 1.54) is 0 Å². The summed E-state index contributed by atoms with van der Waals surface area (Å²) in [5.41, 5.74) is 5.32. The Morgan fingerprint density at radius 3 is 2.89 bits per heavy atom. The van der Waals surface area contributed by atoms with Crippen molar-refractivity contribution >= 4 is 5.97 Å². The van der Waals surface area contributed by atoms with E-state index in [1.54, 1.807) is 0 Å². The number of morpholine rings is 1. The molecule has 2 heterocycles. The highest BCUT2D eigenvalue weighted by Gasteiger charge is 2.37. The van der Waals surface area contributed by atoms with Crippen molar-refractivity contribution < 1.29 is 14.6 Å². The summed E-state index contributed by atoms with van der Waals surface area (Å²) in [6.07, 6.45) is 0. The first-order chi connectivity index (χ1) is 8.77. The molecular weight excluding hydrogens is 232 g/mol. The smallest absolute Gasteiger partial charge is 0.335 e. The fourth-order valence-corrected chi connectivity index (χ4v) is 2.42. The molecule has 0 aromatic heterocycles. The van der Waals surface area contributed by atoms with Gasteiger partial charge in [0.15, 0.2) is 0 Å². The molecule has 2 N–H and O–H groups in total. The van der Waals surface area contributed by atoms with Crippen LogP contribution < -0.4 is 5.43 Å². The molecule has 5 heteroatoms. The second kappa shape index (κ2) is 4.44. The molecule has 1 aromatic carbocycles. The lowest BCUT2D eigenvalue weighted by Crippen LogP contribution is -2.40. The quantitative estimate of drug-likeness (QED) is 0.812. The monoisotopic (exact) mass is 246 g/mol. The zero-order valence-electron chi connectivity index (χ0n) is 9.80. The van der Waals surface area contributed by atoms with Crippen molar-refractivity contribution in [1.82, 2.24) is 10.4 Å². The Kier molecular flexibility index (Phi) is 2.77. The number of rotatable bonds is 2. The van der Waals surface area contributed by atoms with Gasteiger partial charge in [-0.15, -0.1) is 0 Å². The van der Waals surface area contributed by atoms with E-state index in [2.05, 4.69) is 5.43 Å². The van der Waals surface area contributed by atoms with Gasteiger partial charge in [-0.3, -0.25) is 0 Å². The molecule has 5 nitrogen and oxygen atoms in total. The summed E-state index contributed by atoms with van der Waals surface area (Å²) in [5, 5.41) is 11.3. The van der Waals surface area contributed by atoms with Crippen LogP contribution in [0.4, 0.5) is 0 Å². The zero-order valence-corrected chi connectivity index (χ0v) is 9.80. The van der Waals surface area contributed by atoms with Gasteiger partial charge in [-0.1, -0.05) is 30.3 Å². The number of aliphatic carboxylic acids is 1. The van der Waals surface area contributed by atoms with Crippen LogP contribution in [0.2, 0.25) is 0 Å². The van der Waals surface area contributed by atoms with E-state index in [-0.39, 0.29) is 6.04 Å². The van der Waals surface area contributed by atoms with E-state index in [0.717, 1.165) is 11.3 Å². The Bertz CT molecular complexity index is 498. The number of hydrazine groups is 1. The molecule has 94 valence electrons. The molecule has 0 bridgehead atoms.